The Morgan fingerprint density at radius 2 is 2.09 bits per heavy atom. The fourth-order valence-corrected chi connectivity index (χ4v) is 2.63. The smallest absolute Gasteiger partial charge is 0.222 e. The van der Waals surface area contributed by atoms with Crippen molar-refractivity contribution in [2.75, 3.05) is 13.1 Å². The number of aryl methyl sites for hydroxylation is 1. The van der Waals surface area contributed by atoms with Gasteiger partial charge in [-0.1, -0.05) is 18.2 Å². The topological polar surface area (TPSA) is 64.2 Å². The molecule has 1 amide bonds. The highest BCUT2D eigenvalue weighted by molar-refractivity contribution is 5.85. The number of nitrogens with two attached hydrogens (primary N) is 1. The number of nitrogens with zero attached hydrogens (tertiary/aromatic N) is 3. The molecule has 1 aliphatic rings. The summed E-state index contributed by atoms with van der Waals surface area (Å²) in [5.74, 6) is 0.190. The molecule has 1 aromatic carbocycles. The Hall–Kier alpha value is -1.85. The van der Waals surface area contributed by atoms with Crippen LogP contribution in [0.3, 0.4) is 0 Å². The highest BCUT2D eigenvalue weighted by atomic mass is 35.5. The van der Waals surface area contributed by atoms with Crippen molar-refractivity contribution in [1.82, 2.24) is 14.7 Å². The predicted octanol–water partition coefficient (Wildman–Crippen LogP) is 1.79. The zero-order valence-corrected chi connectivity index (χ0v) is 13.2. The second-order valence-electron chi connectivity index (χ2n) is 5.52. The first-order valence-corrected chi connectivity index (χ1v) is 7.35. The van der Waals surface area contributed by atoms with Crippen molar-refractivity contribution >= 4 is 18.3 Å². The van der Waals surface area contributed by atoms with Crippen LogP contribution in [0.1, 0.15) is 18.4 Å². The lowest BCUT2D eigenvalue weighted by molar-refractivity contribution is -0.130. The van der Waals surface area contributed by atoms with Crippen molar-refractivity contribution in [3.05, 3.63) is 48.3 Å². The number of likely N-dealkylation sites (tertiary alicyclic amines) is 1. The Morgan fingerprint density at radius 1 is 1.32 bits per heavy atom. The van der Waals surface area contributed by atoms with Gasteiger partial charge in [-0.25, -0.2) is 4.68 Å². The van der Waals surface area contributed by atoms with E-state index in [0.717, 1.165) is 30.6 Å². The number of rotatable bonds is 4. The van der Waals surface area contributed by atoms with Gasteiger partial charge in [0, 0.05) is 31.7 Å². The summed E-state index contributed by atoms with van der Waals surface area (Å²) in [6, 6.07) is 10.1. The maximum absolute atomic E-state index is 12.1. The minimum atomic E-state index is 0. The molecule has 2 heterocycles. The van der Waals surface area contributed by atoms with E-state index in [1.807, 2.05) is 52.3 Å². The van der Waals surface area contributed by atoms with Crippen LogP contribution in [0.2, 0.25) is 0 Å². The Labute approximate surface area is 136 Å². The summed E-state index contributed by atoms with van der Waals surface area (Å²) in [6.45, 7) is 1.49. The molecule has 0 radical (unpaired) electrons. The fourth-order valence-electron chi connectivity index (χ4n) is 2.63. The predicted molar refractivity (Wildman–Crippen MR) is 88.3 cm³/mol. The molecule has 0 saturated carbocycles. The van der Waals surface area contributed by atoms with E-state index in [2.05, 4.69) is 5.10 Å². The number of hydrogen-bond donors (Lipinski definition) is 1. The Kier molecular flexibility index (Phi) is 5.57. The third kappa shape index (κ3) is 3.87. The van der Waals surface area contributed by atoms with Gasteiger partial charge in [0.1, 0.15) is 0 Å². The van der Waals surface area contributed by atoms with Crippen LogP contribution >= 0.6 is 12.4 Å². The van der Waals surface area contributed by atoms with Crippen LogP contribution in [0.25, 0.3) is 5.69 Å². The molecule has 2 N–H and O–H groups in total. The Balaban J connectivity index is 0.00000176. The van der Waals surface area contributed by atoms with Gasteiger partial charge in [0.2, 0.25) is 5.91 Å². The van der Waals surface area contributed by atoms with Gasteiger partial charge in [0.15, 0.2) is 0 Å². The van der Waals surface area contributed by atoms with Crippen molar-refractivity contribution in [2.45, 2.75) is 25.3 Å². The van der Waals surface area contributed by atoms with E-state index in [0.29, 0.717) is 13.0 Å². The van der Waals surface area contributed by atoms with E-state index < -0.39 is 0 Å². The fraction of sp³-hybridized carbons (Fsp3) is 0.375. The largest absolute Gasteiger partial charge is 0.341 e. The minimum absolute atomic E-state index is 0. The van der Waals surface area contributed by atoms with Crippen LogP contribution in [0, 0.1) is 0 Å². The van der Waals surface area contributed by atoms with Gasteiger partial charge >= 0.3 is 0 Å². The Bertz CT molecular complexity index is 614. The van der Waals surface area contributed by atoms with Gasteiger partial charge in [-0.3, -0.25) is 4.79 Å². The van der Waals surface area contributed by atoms with Gasteiger partial charge in [0.05, 0.1) is 11.9 Å². The van der Waals surface area contributed by atoms with E-state index in [1.54, 1.807) is 0 Å². The van der Waals surface area contributed by atoms with Crippen LogP contribution in [0.4, 0.5) is 0 Å². The van der Waals surface area contributed by atoms with Crippen molar-refractivity contribution in [1.29, 1.82) is 0 Å². The third-order valence-electron chi connectivity index (χ3n) is 3.86. The summed E-state index contributed by atoms with van der Waals surface area (Å²) < 4.78 is 1.84. The second kappa shape index (κ2) is 7.42. The molecule has 118 valence electrons. The number of halogens is 1. The average molecular weight is 321 g/mol. The molecule has 5 nitrogen and oxygen atoms in total. The summed E-state index contributed by atoms with van der Waals surface area (Å²) in [7, 11) is 0. The standard InChI is InChI=1S/C16H20N4O.ClH/c17-14-8-9-19(12-14)16(21)7-6-13-10-18-20(11-13)15-4-2-1-3-5-15;/h1-5,10-11,14H,6-9,12,17H2;1H/t14-;/m1./s1. The van der Waals surface area contributed by atoms with Gasteiger partial charge in [0.25, 0.3) is 0 Å². The summed E-state index contributed by atoms with van der Waals surface area (Å²) in [4.78, 5) is 14.0. The van der Waals surface area contributed by atoms with Gasteiger partial charge in [-0.15, -0.1) is 12.4 Å². The number of amides is 1. The van der Waals surface area contributed by atoms with Gasteiger partial charge in [-0.05, 0) is 30.5 Å². The Morgan fingerprint density at radius 3 is 2.77 bits per heavy atom. The van der Waals surface area contributed by atoms with Gasteiger partial charge in [-0.2, -0.15) is 5.10 Å². The van der Waals surface area contributed by atoms with E-state index >= 15 is 0 Å². The van der Waals surface area contributed by atoms with Crippen molar-refractivity contribution in [3.63, 3.8) is 0 Å². The van der Waals surface area contributed by atoms with Crippen LogP contribution in [-0.2, 0) is 11.2 Å². The molecule has 1 atom stereocenters. The molecule has 1 aromatic heterocycles. The molecule has 1 saturated heterocycles. The first kappa shape index (κ1) is 16.5. The maximum Gasteiger partial charge on any atom is 0.222 e. The van der Waals surface area contributed by atoms with Crippen LogP contribution in [-0.4, -0.2) is 39.7 Å². The summed E-state index contributed by atoms with van der Waals surface area (Å²) in [5, 5.41) is 4.35. The SMILES string of the molecule is Cl.N[C@@H]1CCN(C(=O)CCc2cnn(-c3ccccc3)c2)C1. The van der Waals surface area contributed by atoms with Crippen LogP contribution in [0.5, 0.6) is 0 Å². The highest BCUT2D eigenvalue weighted by Gasteiger charge is 2.23. The molecule has 6 heteroatoms. The number of para-hydroxylation sites is 1. The summed E-state index contributed by atoms with van der Waals surface area (Å²) in [6.07, 6.45) is 5.97. The van der Waals surface area contributed by atoms with E-state index in [1.165, 1.54) is 0 Å². The van der Waals surface area contributed by atoms with Crippen molar-refractivity contribution in [2.24, 2.45) is 5.73 Å². The second-order valence-corrected chi connectivity index (χ2v) is 5.52. The molecule has 3 rings (SSSR count). The molecule has 1 fully saturated rings. The molecule has 1 aliphatic heterocycles. The molecule has 0 unspecified atom stereocenters. The number of aromatic nitrogens is 2. The monoisotopic (exact) mass is 320 g/mol. The zero-order valence-electron chi connectivity index (χ0n) is 12.4. The lowest BCUT2D eigenvalue weighted by atomic mass is 10.2. The molecule has 22 heavy (non-hydrogen) atoms. The van der Waals surface area contributed by atoms with Crippen molar-refractivity contribution < 1.29 is 4.79 Å². The lowest BCUT2D eigenvalue weighted by Crippen LogP contribution is -2.31. The molecule has 2 aromatic rings. The third-order valence-corrected chi connectivity index (χ3v) is 3.86. The number of carbonyl (C=O) groups excluding carboxylic acids is 1. The van der Waals surface area contributed by atoms with Crippen LogP contribution < -0.4 is 5.73 Å². The zero-order chi connectivity index (χ0) is 14.7. The average Bonchev–Trinajstić information content (AvgIpc) is 3.15. The maximum atomic E-state index is 12.1. The number of hydrogen-bond acceptors (Lipinski definition) is 3. The number of carbonyl (C=O) groups is 1. The van der Waals surface area contributed by atoms with Crippen molar-refractivity contribution in [3.8, 4) is 5.69 Å². The molecule has 0 spiro atoms. The lowest BCUT2D eigenvalue weighted by Gasteiger charge is -2.15. The normalized spacial score (nSPS) is 17.3. The minimum Gasteiger partial charge on any atom is -0.341 e. The molecule has 0 aliphatic carbocycles. The highest BCUT2D eigenvalue weighted by Crippen LogP contribution is 2.12. The quantitative estimate of drug-likeness (QED) is 0.934. The summed E-state index contributed by atoms with van der Waals surface area (Å²) >= 11 is 0. The molecular weight excluding hydrogens is 300 g/mol. The first-order chi connectivity index (χ1) is 10.2. The first-order valence-electron chi connectivity index (χ1n) is 7.35. The van der Waals surface area contributed by atoms with Crippen LogP contribution in [0.15, 0.2) is 42.7 Å². The van der Waals surface area contributed by atoms with Gasteiger partial charge < -0.3 is 10.6 Å². The number of benzene rings is 1. The van der Waals surface area contributed by atoms with E-state index in [9.17, 15) is 4.79 Å². The summed E-state index contributed by atoms with van der Waals surface area (Å²) in [5.41, 5.74) is 7.94. The van der Waals surface area contributed by atoms with E-state index in [-0.39, 0.29) is 24.4 Å². The molecular formula is C16H21ClN4O. The van der Waals surface area contributed by atoms with E-state index in [4.69, 9.17) is 5.73 Å². The molecule has 0 bridgehead atoms.